The highest BCUT2D eigenvalue weighted by molar-refractivity contribution is 6.22. The zero-order valence-corrected chi connectivity index (χ0v) is 11.6. The highest BCUT2D eigenvalue weighted by atomic mass is 19.4. The van der Waals surface area contributed by atoms with Gasteiger partial charge in [-0.2, -0.15) is 13.2 Å². The van der Waals surface area contributed by atoms with Gasteiger partial charge in [0, 0.05) is 6.20 Å². The summed E-state index contributed by atoms with van der Waals surface area (Å²) >= 11 is 0. The molecule has 1 aromatic carbocycles. The number of nitrogens with two attached hydrogens (primary N) is 1. The summed E-state index contributed by atoms with van der Waals surface area (Å²) in [5, 5.41) is 0. The van der Waals surface area contributed by atoms with E-state index in [1.54, 1.807) is 25.1 Å². The Morgan fingerprint density at radius 2 is 2.00 bits per heavy atom. The van der Waals surface area contributed by atoms with E-state index in [4.69, 9.17) is 5.73 Å². The normalized spacial score (nSPS) is 13.2. The first-order chi connectivity index (χ1) is 9.81. The Bertz CT molecular complexity index is 578. The van der Waals surface area contributed by atoms with Gasteiger partial charge in [-0.15, -0.1) is 0 Å². The number of aryl methyl sites for hydroxylation is 1. The van der Waals surface area contributed by atoms with Crippen LogP contribution < -0.4 is 5.73 Å². The van der Waals surface area contributed by atoms with Gasteiger partial charge in [0.15, 0.2) is 5.71 Å². The minimum atomic E-state index is -4.83. The molecule has 0 unspecified atom stereocenters. The summed E-state index contributed by atoms with van der Waals surface area (Å²) in [5.74, 6) is -1.16. The van der Waals surface area contributed by atoms with Crippen molar-refractivity contribution in [2.24, 2.45) is 10.7 Å². The Morgan fingerprint density at radius 1 is 1.38 bits per heavy atom. The van der Waals surface area contributed by atoms with Gasteiger partial charge >= 0.3 is 12.1 Å². The molecule has 0 saturated carbocycles. The molecule has 114 valence electrons. The van der Waals surface area contributed by atoms with E-state index in [-0.39, 0.29) is 12.3 Å². The fraction of sp³-hybridized carbons (Fsp3) is 0.286. The molecule has 0 amide bonds. The van der Waals surface area contributed by atoms with Crippen molar-refractivity contribution in [2.45, 2.75) is 20.0 Å². The number of nitrogens with zero attached hydrogens (tertiary/aromatic N) is 1. The summed E-state index contributed by atoms with van der Waals surface area (Å²) in [5.41, 5.74) is 3.61. The molecule has 0 aliphatic carbocycles. The number of esters is 1. The first-order valence-corrected chi connectivity index (χ1v) is 6.12. The minimum Gasteiger partial charge on any atom is -0.462 e. The Balaban J connectivity index is 3.37. The molecule has 0 heterocycles. The van der Waals surface area contributed by atoms with Crippen molar-refractivity contribution in [3.05, 3.63) is 41.6 Å². The predicted molar refractivity (Wildman–Crippen MR) is 73.2 cm³/mol. The van der Waals surface area contributed by atoms with Crippen LogP contribution in [0.1, 0.15) is 12.5 Å². The second-order valence-corrected chi connectivity index (χ2v) is 4.05. The van der Waals surface area contributed by atoms with E-state index in [1.165, 1.54) is 13.0 Å². The number of para-hydroxylation sites is 1. The van der Waals surface area contributed by atoms with Gasteiger partial charge in [0.05, 0.1) is 12.3 Å². The van der Waals surface area contributed by atoms with Gasteiger partial charge in [0.1, 0.15) is 5.57 Å². The van der Waals surface area contributed by atoms with E-state index < -0.39 is 23.4 Å². The second kappa shape index (κ2) is 6.92. The van der Waals surface area contributed by atoms with E-state index >= 15 is 0 Å². The zero-order valence-electron chi connectivity index (χ0n) is 11.6. The molecule has 2 N–H and O–H groups in total. The third kappa shape index (κ3) is 4.34. The number of ether oxygens (including phenoxy) is 1. The molecule has 0 spiro atoms. The van der Waals surface area contributed by atoms with Crippen LogP contribution in [0, 0.1) is 6.92 Å². The minimum absolute atomic E-state index is 0.0638. The number of halogens is 3. The smallest absolute Gasteiger partial charge is 0.434 e. The number of hydrogen-bond donors (Lipinski definition) is 1. The molecule has 0 fully saturated rings. The lowest BCUT2D eigenvalue weighted by Gasteiger charge is -2.13. The van der Waals surface area contributed by atoms with E-state index in [0.717, 1.165) is 0 Å². The fourth-order valence-corrected chi connectivity index (χ4v) is 1.54. The van der Waals surface area contributed by atoms with Gasteiger partial charge in [0.25, 0.3) is 0 Å². The molecule has 4 nitrogen and oxygen atoms in total. The number of hydrogen-bond acceptors (Lipinski definition) is 4. The number of carbonyl (C=O) groups is 1. The number of carbonyl (C=O) groups excluding carboxylic acids is 1. The van der Waals surface area contributed by atoms with Crippen LogP contribution in [-0.4, -0.2) is 24.5 Å². The standard InChI is InChI=1S/C14H15F3N2O2/c1-3-21-13(20)10(8-18)12(14(15,16)17)19-11-7-5-4-6-9(11)2/h4-8H,3,18H2,1-2H3/b10-8+,19-12?. The first-order valence-electron chi connectivity index (χ1n) is 6.12. The number of rotatable bonds is 4. The van der Waals surface area contributed by atoms with Crippen molar-refractivity contribution in [1.29, 1.82) is 0 Å². The highest BCUT2D eigenvalue weighted by Crippen LogP contribution is 2.27. The molecular formula is C14H15F3N2O2. The maximum Gasteiger partial charge on any atom is 0.434 e. The quantitative estimate of drug-likeness (QED) is 0.528. The van der Waals surface area contributed by atoms with Crippen LogP contribution in [0.25, 0.3) is 0 Å². The Morgan fingerprint density at radius 3 is 2.48 bits per heavy atom. The first kappa shape index (κ1) is 16.7. The van der Waals surface area contributed by atoms with Crippen molar-refractivity contribution in [3.8, 4) is 0 Å². The summed E-state index contributed by atoms with van der Waals surface area (Å²) < 4.78 is 44.0. The number of aliphatic imine (C=N–C) groups is 1. The maximum absolute atomic E-state index is 13.1. The maximum atomic E-state index is 13.1. The SMILES string of the molecule is CCOC(=O)/C(=C/N)C(=Nc1ccccc1C)C(F)(F)F. The molecule has 1 rings (SSSR count). The van der Waals surface area contributed by atoms with Gasteiger partial charge in [-0.3, -0.25) is 0 Å². The summed E-state index contributed by atoms with van der Waals surface area (Å²) in [4.78, 5) is 15.1. The third-order valence-corrected chi connectivity index (χ3v) is 2.53. The van der Waals surface area contributed by atoms with Crippen LogP contribution in [0.5, 0.6) is 0 Å². The molecule has 1 aromatic rings. The largest absolute Gasteiger partial charge is 0.462 e. The van der Waals surface area contributed by atoms with Crippen LogP contribution >= 0.6 is 0 Å². The van der Waals surface area contributed by atoms with E-state index in [9.17, 15) is 18.0 Å². The van der Waals surface area contributed by atoms with Crippen LogP contribution in [-0.2, 0) is 9.53 Å². The summed E-state index contributed by atoms with van der Waals surface area (Å²) in [7, 11) is 0. The zero-order chi connectivity index (χ0) is 16.0. The average Bonchev–Trinajstić information content (AvgIpc) is 2.40. The summed E-state index contributed by atoms with van der Waals surface area (Å²) in [6.07, 6.45) is -4.27. The summed E-state index contributed by atoms with van der Waals surface area (Å²) in [6, 6.07) is 6.26. The number of alkyl halides is 3. The van der Waals surface area contributed by atoms with Crippen molar-refractivity contribution in [1.82, 2.24) is 0 Å². The Hall–Kier alpha value is -2.31. The lowest BCUT2D eigenvalue weighted by Crippen LogP contribution is -2.30. The average molecular weight is 300 g/mol. The summed E-state index contributed by atoms with van der Waals surface area (Å²) in [6.45, 7) is 3.03. The van der Waals surface area contributed by atoms with Gasteiger partial charge in [0.2, 0.25) is 0 Å². The third-order valence-electron chi connectivity index (χ3n) is 2.53. The number of benzene rings is 1. The lowest BCUT2D eigenvalue weighted by molar-refractivity contribution is -0.138. The van der Waals surface area contributed by atoms with Crippen molar-refractivity contribution < 1.29 is 22.7 Å². The highest BCUT2D eigenvalue weighted by Gasteiger charge is 2.41. The van der Waals surface area contributed by atoms with Crippen molar-refractivity contribution in [3.63, 3.8) is 0 Å². The van der Waals surface area contributed by atoms with Crippen molar-refractivity contribution in [2.75, 3.05) is 6.61 Å². The molecule has 7 heteroatoms. The van der Waals surface area contributed by atoms with Gasteiger partial charge in [-0.1, -0.05) is 18.2 Å². The van der Waals surface area contributed by atoms with Gasteiger partial charge < -0.3 is 10.5 Å². The molecule has 0 bridgehead atoms. The molecule has 0 radical (unpaired) electrons. The van der Waals surface area contributed by atoms with E-state index in [1.807, 2.05) is 0 Å². The van der Waals surface area contributed by atoms with Crippen LogP contribution in [0.2, 0.25) is 0 Å². The van der Waals surface area contributed by atoms with Crippen molar-refractivity contribution >= 4 is 17.4 Å². The molecule has 0 aliphatic heterocycles. The predicted octanol–water partition coefficient (Wildman–Crippen LogP) is 3.04. The molecule has 0 atom stereocenters. The monoisotopic (exact) mass is 300 g/mol. The Labute approximate surface area is 120 Å². The van der Waals surface area contributed by atoms with Crippen LogP contribution in [0.15, 0.2) is 41.0 Å². The molecule has 21 heavy (non-hydrogen) atoms. The Kier molecular flexibility index (Phi) is 5.52. The second-order valence-electron chi connectivity index (χ2n) is 4.05. The van der Waals surface area contributed by atoms with Crippen LogP contribution in [0.4, 0.5) is 18.9 Å². The molecule has 0 saturated heterocycles. The molecule has 0 aliphatic rings. The lowest BCUT2D eigenvalue weighted by atomic mass is 10.1. The molecule has 0 aromatic heterocycles. The van der Waals surface area contributed by atoms with Crippen LogP contribution in [0.3, 0.4) is 0 Å². The van der Waals surface area contributed by atoms with E-state index in [2.05, 4.69) is 9.73 Å². The van der Waals surface area contributed by atoms with Gasteiger partial charge in [-0.05, 0) is 25.5 Å². The fourth-order valence-electron chi connectivity index (χ4n) is 1.54. The van der Waals surface area contributed by atoms with E-state index in [0.29, 0.717) is 11.8 Å². The van der Waals surface area contributed by atoms with Gasteiger partial charge in [-0.25, -0.2) is 9.79 Å². The molecular weight excluding hydrogens is 285 g/mol. The topological polar surface area (TPSA) is 64.7 Å².